The van der Waals surface area contributed by atoms with E-state index < -0.39 is 5.97 Å². The summed E-state index contributed by atoms with van der Waals surface area (Å²) in [6.07, 6.45) is 0. The molecular weight excluding hydrogens is 294 g/mol. The average molecular weight is 310 g/mol. The minimum absolute atomic E-state index is 0.0580. The first-order valence-corrected chi connectivity index (χ1v) is 6.88. The van der Waals surface area contributed by atoms with Gasteiger partial charge < -0.3 is 9.63 Å². The molecule has 0 unspecified atom stereocenters. The Kier molecular flexibility index (Phi) is 4.93. The van der Waals surface area contributed by atoms with Gasteiger partial charge in [-0.2, -0.15) is 4.98 Å². The highest BCUT2D eigenvalue weighted by molar-refractivity contribution is 6.30. The molecule has 2 rings (SSSR count). The van der Waals surface area contributed by atoms with Crippen molar-refractivity contribution in [3.63, 3.8) is 0 Å². The third-order valence-electron chi connectivity index (χ3n) is 2.96. The van der Waals surface area contributed by atoms with Crippen molar-refractivity contribution in [2.45, 2.75) is 26.4 Å². The third kappa shape index (κ3) is 4.27. The predicted octanol–water partition coefficient (Wildman–Crippen LogP) is 2.69. The minimum Gasteiger partial charge on any atom is -0.480 e. The number of carbonyl (C=O) groups is 1. The van der Waals surface area contributed by atoms with E-state index in [9.17, 15) is 4.79 Å². The third-order valence-corrected chi connectivity index (χ3v) is 3.19. The number of benzene rings is 1. The Balaban J connectivity index is 2.14. The van der Waals surface area contributed by atoms with Crippen molar-refractivity contribution in [1.29, 1.82) is 0 Å². The second kappa shape index (κ2) is 6.69. The lowest BCUT2D eigenvalue weighted by molar-refractivity contribution is -0.139. The zero-order valence-corrected chi connectivity index (χ0v) is 12.5. The maximum atomic E-state index is 10.8. The van der Waals surface area contributed by atoms with Crippen molar-refractivity contribution in [2.75, 3.05) is 6.54 Å². The van der Waals surface area contributed by atoms with Gasteiger partial charge in [0.25, 0.3) is 0 Å². The molecule has 0 aliphatic heterocycles. The molecule has 0 spiro atoms. The second-order valence-electron chi connectivity index (χ2n) is 4.91. The number of rotatable bonds is 6. The van der Waals surface area contributed by atoms with Crippen molar-refractivity contribution in [3.8, 4) is 11.4 Å². The molecule has 0 saturated heterocycles. The summed E-state index contributed by atoms with van der Waals surface area (Å²) < 4.78 is 5.18. The van der Waals surface area contributed by atoms with Gasteiger partial charge in [-0.1, -0.05) is 28.9 Å². The number of hydrogen-bond acceptors (Lipinski definition) is 5. The van der Waals surface area contributed by atoms with E-state index in [1.54, 1.807) is 23.1 Å². The number of carboxylic acids is 1. The van der Waals surface area contributed by atoms with Crippen LogP contribution in [0.25, 0.3) is 11.4 Å². The fourth-order valence-electron chi connectivity index (χ4n) is 1.83. The lowest BCUT2D eigenvalue weighted by Gasteiger charge is -2.22. The highest BCUT2D eigenvalue weighted by atomic mass is 35.5. The van der Waals surface area contributed by atoms with Crippen LogP contribution < -0.4 is 0 Å². The van der Waals surface area contributed by atoms with E-state index in [0.717, 1.165) is 5.56 Å². The summed E-state index contributed by atoms with van der Waals surface area (Å²) in [5, 5.41) is 13.4. The minimum atomic E-state index is -0.890. The fraction of sp³-hybridized carbons (Fsp3) is 0.357. The summed E-state index contributed by atoms with van der Waals surface area (Å²) in [7, 11) is 0. The Labute approximate surface area is 127 Å². The van der Waals surface area contributed by atoms with Gasteiger partial charge in [-0.3, -0.25) is 9.69 Å². The van der Waals surface area contributed by atoms with E-state index in [1.807, 2.05) is 19.9 Å². The molecule has 2 aromatic rings. The maximum absolute atomic E-state index is 10.8. The first-order chi connectivity index (χ1) is 9.95. The normalized spacial score (nSPS) is 11.3. The van der Waals surface area contributed by atoms with Gasteiger partial charge in [0.05, 0.1) is 13.1 Å². The monoisotopic (exact) mass is 309 g/mol. The quantitative estimate of drug-likeness (QED) is 0.883. The molecule has 1 aromatic heterocycles. The van der Waals surface area contributed by atoms with Crippen molar-refractivity contribution in [1.82, 2.24) is 15.0 Å². The molecule has 6 nitrogen and oxygen atoms in total. The first kappa shape index (κ1) is 15.5. The standard InChI is InChI=1S/C14H16ClN3O3/c1-9(2)18(8-13(19)20)7-12-16-14(17-21-12)10-4-3-5-11(15)6-10/h3-6,9H,7-8H2,1-2H3,(H,19,20). The van der Waals surface area contributed by atoms with Gasteiger partial charge in [-0.25, -0.2) is 0 Å². The van der Waals surface area contributed by atoms with Crippen LogP contribution in [-0.4, -0.2) is 38.7 Å². The number of halogens is 1. The van der Waals surface area contributed by atoms with Crippen LogP contribution in [0, 0.1) is 0 Å². The first-order valence-electron chi connectivity index (χ1n) is 6.50. The topological polar surface area (TPSA) is 79.5 Å². The smallest absolute Gasteiger partial charge is 0.317 e. The van der Waals surface area contributed by atoms with Crippen LogP contribution in [0.2, 0.25) is 5.02 Å². The molecule has 0 aliphatic rings. The average Bonchev–Trinajstić information content (AvgIpc) is 2.86. The van der Waals surface area contributed by atoms with Gasteiger partial charge >= 0.3 is 5.97 Å². The molecule has 1 aromatic carbocycles. The van der Waals surface area contributed by atoms with Gasteiger partial charge in [0, 0.05) is 16.6 Å². The van der Waals surface area contributed by atoms with Crippen LogP contribution in [-0.2, 0) is 11.3 Å². The zero-order valence-electron chi connectivity index (χ0n) is 11.8. The summed E-state index contributed by atoms with van der Waals surface area (Å²) in [6, 6.07) is 7.20. The molecular formula is C14H16ClN3O3. The summed E-state index contributed by atoms with van der Waals surface area (Å²) >= 11 is 5.93. The van der Waals surface area contributed by atoms with Gasteiger partial charge in [0.15, 0.2) is 0 Å². The lowest BCUT2D eigenvalue weighted by atomic mass is 10.2. The van der Waals surface area contributed by atoms with Crippen molar-refractivity contribution in [2.24, 2.45) is 0 Å². The van der Waals surface area contributed by atoms with Crippen LogP contribution in [0.5, 0.6) is 0 Å². The largest absolute Gasteiger partial charge is 0.480 e. The molecule has 21 heavy (non-hydrogen) atoms. The number of aliphatic carboxylic acids is 1. The van der Waals surface area contributed by atoms with Gasteiger partial charge in [-0.05, 0) is 26.0 Å². The second-order valence-corrected chi connectivity index (χ2v) is 5.35. The van der Waals surface area contributed by atoms with Crippen LogP contribution >= 0.6 is 11.6 Å². The Morgan fingerprint density at radius 3 is 2.86 bits per heavy atom. The van der Waals surface area contributed by atoms with Gasteiger partial charge in [0.1, 0.15) is 0 Å². The molecule has 0 atom stereocenters. The van der Waals surface area contributed by atoms with E-state index in [1.165, 1.54) is 0 Å². The molecule has 1 N–H and O–H groups in total. The molecule has 1 heterocycles. The van der Waals surface area contributed by atoms with E-state index in [-0.39, 0.29) is 19.1 Å². The number of carboxylic acid groups (broad SMARTS) is 1. The number of aromatic nitrogens is 2. The summed E-state index contributed by atoms with van der Waals surface area (Å²) in [6.45, 7) is 4.04. The van der Waals surface area contributed by atoms with E-state index >= 15 is 0 Å². The Morgan fingerprint density at radius 2 is 2.24 bits per heavy atom. The molecule has 0 bridgehead atoms. The van der Waals surface area contributed by atoms with Crippen LogP contribution in [0.1, 0.15) is 19.7 Å². The molecule has 7 heteroatoms. The predicted molar refractivity (Wildman–Crippen MR) is 77.9 cm³/mol. The highest BCUT2D eigenvalue weighted by Gasteiger charge is 2.18. The molecule has 0 saturated carbocycles. The van der Waals surface area contributed by atoms with E-state index in [2.05, 4.69) is 10.1 Å². The van der Waals surface area contributed by atoms with E-state index in [0.29, 0.717) is 16.7 Å². The fourth-order valence-corrected chi connectivity index (χ4v) is 2.02. The van der Waals surface area contributed by atoms with Gasteiger partial charge in [0.2, 0.25) is 11.7 Å². The molecule has 0 fully saturated rings. The Morgan fingerprint density at radius 1 is 1.48 bits per heavy atom. The molecule has 112 valence electrons. The number of hydrogen-bond donors (Lipinski definition) is 1. The van der Waals surface area contributed by atoms with Crippen LogP contribution in [0.4, 0.5) is 0 Å². The van der Waals surface area contributed by atoms with Crippen molar-refractivity contribution in [3.05, 3.63) is 35.2 Å². The maximum Gasteiger partial charge on any atom is 0.317 e. The summed E-state index contributed by atoms with van der Waals surface area (Å²) in [5.41, 5.74) is 0.756. The highest BCUT2D eigenvalue weighted by Crippen LogP contribution is 2.20. The summed E-state index contributed by atoms with van der Waals surface area (Å²) in [5.74, 6) is -0.0789. The van der Waals surface area contributed by atoms with E-state index in [4.69, 9.17) is 21.2 Å². The zero-order chi connectivity index (χ0) is 15.4. The Hall–Kier alpha value is -1.92. The lowest BCUT2D eigenvalue weighted by Crippen LogP contribution is -2.35. The van der Waals surface area contributed by atoms with Crippen LogP contribution in [0.15, 0.2) is 28.8 Å². The summed E-state index contributed by atoms with van der Waals surface area (Å²) in [4.78, 5) is 16.9. The Bertz CT molecular complexity index is 627. The van der Waals surface area contributed by atoms with Crippen LogP contribution in [0.3, 0.4) is 0 Å². The SMILES string of the molecule is CC(C)N(CC(=O)O)Cc1nc(-c2cccc(Cl)c2)no1. The number of nitrogens with zero attached hydrogens (tertiary/aromatic N) is 3. The molecule has 0 radical (unpaired) electrons. The van der Waals surface area contributed by atoms with Crippen molar-refractivity contribution < 1.29 is 14.4 Å². The molecule has 0 aliphatic carbocycles. The van der Waals surface area contributed by atoms with Gasteiger partial charge in [-0.15, -0.1) is 0 Å². The van der Waals surface area contributed by atoms with Crippen molar-refractivity contribution >= 4 is 17.6 Å². The molecule has 0 amide bonds.